The maximum Gasteiger partial charge on any atom is 0.000579 e. The molecule has 1 atom stereocenters. The van der Waals surface area contributed by atoms with Gasteiger partial charge >= 0.3 is 0 Å². The molecule has 0 N–H and O–H groups in total. The van der Waals surface area contributed by atoms with Crippen molar-refractivity contribution in [2.75, 3.05) is 0 Å². The zero-order chi connectivity index (χ0) is 5.28. The number of rotatable bonds is 1. The van der Waals surface area contributed by atoms with E-state index in [1.54, 1.807) is 0 Å². The van der Waals surface area contributed by atoms with Crippen molar-refractivity contribution >= 4 is 0 Å². The Kier molecular flexibility index (Phi) is 1.01. The van der Waals surface area contributed by atoms with Gasteiger partial charge in [0.05, 0.1) is 0 Å². The highest BCUT2D eigenvalue weighted by molar-refractivity contribution is 5.15. The van der Waals surface area contributed by atoms with Crippen molar-refractivity contribution in [2.45, 2.75) is 13.3 Å². The van der Waals surface area contributed by atoms with Gasteiger partial charge in [-0.1, -0.05) is 24.3 Å². The minimum atomic E-state index is 0.708. The van der Waals surface area contributed by atoms with Gasteiger partial charge in [-0.05, 0) is 13.3 Å². The minimum absolute atomic E-state index is 0.708. The molecule has 7 heavy (non-hydrogen) atoms. The van der Waals surface area contributed by atoms with Crippen LogP contribution in [0.4, 0.5) is 0 Å². The third kappa shape index (κ3) is 0.738. The highest BCUT2D eigenvalue weighted by Crippen LogP contribution is 2.22. The topological polar surface area (TPSA) is 0 Å². The molecule has 0 nitrogen and oxygen atoms in total. The first-order valence-corrected chi connectivity index (χ1v) is 2.63. The van der Waals surface area contributed by atoms with E-state index >= 15 is 0 Å². The standard InChI is InChI=1S/C7H10/c1-6(2)7-4-3-5-7/h3-4,7H,1,5H2,2H3. The Morgan fingerprint density at radius 3 is 2.43 bits per heavy atom. The van der Waals surface area contributed by atoms with Gasteiger partial charge < -0.3 is 0 Å². The van der Waals surface area contributed by atoms with Gasteiger partial charge in [0.15, 0.2) is 0 Å². The van der Waals surface area contributed by atoms with Crippen molar-refractivity contribution in [1.82, 2.24) is 0 Å². The highest BCUT2D eigenvalue weighted by Gasteiger charge is 2.08. The molecular formula is C7H10. The third-order valence-electron chi connectivity index (χ3n) is 1.39. The van der Waals surface area contributed by atoms with Gasteiger partial charge in [-0.2, -0.15) is 0 Å². The van der Waals surface area contributed by atoms with Crippen molar-refractivity contribution < 1.29 is 0 Å². The van der Waals surface area contributed by atoms with E-state index in [1.165, 1.54) is 12.0 Å². The van der Waals surface area contributed by atoms with E-state index in [2.05, 4.69) is 25.7 Å². The van der Waals surface area contributed by atoms with E-state index in [1.807, 2.05) is 0 Å². The number of hydrogen-bond donors (Lipinski definition) is 0. The van der Waals surface area contributed by atoms with Crippen LogP contribution in [-0.4, -0.2) is 0 Å². The Balaban J connectivity index is 2.44. The molecule has 0 heterocycles. The zero-order valence-electron chi connectivity index (χ0n) is 4.65. The monoisotopic (exact) mass is 94.1 g/mol. The largest absolute Gasteiger partial charge is 0.0995 e. The van der Waals surface area contributed by atoms with E-state index in [-0.39, 0.29) is 0 Å². The molecule has 0 aromatic carbocycles. The van der Waals surface area contributed by atoms with Crippen LogP contribution in [0.2, 0.25) is 0 Å². The average molecular weight is 94.2 g/mol. The lowest BCUT2D eigenvalue weighted by atomic mass is 9.90. The molecule has 0 saturated carbocycles. The molecule has 0 saturated heterocycles. The molecule has 1 aliphatic rings. The molecule has 0 aromatic heterocycles. The summed E-state index contributed by atoms with van der Waals surface area (Å²) >= 11 is 0. The lowest BCUT2D eigenvalue weighted by Crippen LogP contribution is -2.02. The predicted molar refractivity (Wildman–Crippen MR) is 32.1 cm³/mol. The summed E-state index contributed by atoms with van der Waals surface area (Å²) in [5.74, 6) is 0.708. The van der Waals surface area contributed by atoms with Gasteiger partial charge in [0.2, 0.25) is 0 Å². The van der Waals surface area contributed by atoms with Crippen molar-refractivity contribution in [1.29, 1.82) is 0 Å². The fourth-order valence-corrected chi connectivity index (χ4v) is 0.638. The summed E-state index contributed by atoms with van der Waals surface area (Å²) in [7, 11) is 0. The molecule has 1 unspecified atom stereocenters. The van der Waals surface area contributed by atoms with Gasteiger partial charge in [-0.15, -0.1) is 0 Å². The molecule has 0 fully saturated rings. The summed E-state index contributed by atoms with van der Waals surface area (Å²) in [6.45, 7) is 5.90. The Morgan fingerprint density at radius 1 is 1.86 bits per heavy atom. The van der Waals surface area contributed by atoms with Gasteiger partial charge in [-0.3, -0.25) is 0 Å². The Labute approximate surface area is 44.5 Å². The molecule has 0 heteroatoms. The van der Waals surface area contributed by atoms with Gasteiger partial charge in [-0.25, -0.2) is 0 Å². The Bertz CT molecular complexity index is 109. The maximum absolute atomic E-state index is 3.83. The molecule has 0 radical (unpaired) electrons. The fraction of sp³-hybridized carbons (Fsp3) is 0.429. The van der Waals surface area contributed by atoms with Crippen LogP contribution in [0.1, 0.15) is 13.3 Å². The van der Waals surface area contributed by atoms with Crippen LogP contribution >= 0.6 is 0 Å². The predicted octanol–water partition coefficient (Wildman–Crippen LogP) is 2.14. The summed E-state index contributed by atoms with van der Waals surface area (Å²) in [6, 6.07) is 0. The van der Waals surface area contributed by atoms with Crippen LogP contribution in [0.3, 0.4) is 0 Å². The van der Waals surface area contributed by atoms with E-state index < -0.39 is 0 Å². The highest BCUT2D eigenvalue weighted by atomic mass is 14.1. The summed E-state index contributed by atoms with van der Waals surface area (Å²) < 4.78 is 0. The number of hydrogen-bond acceptors (Lipinski definition) is 0. The lowest BCUT2D eigenvalue weighted by Gasteiger charge is -2.16. The third-order valence-corrected chi connectivity index (χ3v) is 1.39. The maximum atomic E-state index is 3.83. The second-order valence-electron chi connectivity index (χ2n) is 2.12. The molecule has 0 bridgehead atoms. The zero-order valence-corrected chi connectivity index (χ0v) is 4.65. The Morgan fingerprint density at radius 2 is 2.43 bits per heavy atom. The summed E-state index contributed by atoms with van der Waals surface area (Å²) in [5.41, 5.74) is 1.29. The van der Waals surface area contributed by atoms with Crippen molar-refractivity contribution in [3.05, 3.63) is 24.3 Å². The van der Waals surface area contributed by atoms with Gasteiger partial charge in [0, 0.05) is 5.92 Å². The van der Waals surface area contributed by atoms with Crippen molar-refractivity contribution in [3.8, 4) is 0 Å². The quantitative estimate of drug-likeness (QED) is 0.437. The molecule has 0 aromatic rings. The summed E-state index contributed by atoms with van der Waals surface area (Å²) in [6.07, 6.45) is 5.59. The SMILES string of the molecule is C=C(C)C1C=CC1. The second-order valence-corrected chi connectivity index (χ2v) is 2.12. The van der Waals surface area contributed by atoms with Crippen molar-refractivity contribution in [3.63, 3.8) is 0 Å². The molecule has 0 spiro atoms. The van der Waals surface area contributed by atoms with Gasteiger partial charge in [0.1, 0.15) is 0 Å². The van der Waals surface area contributed by atoms with Crippen LogP contribution in [0.25, 0.3) is 0 Å². The molecule has 1 aliphatic carbocycles. The average Bonchev–Trinajstić information content (AvgIpc) is 1.23. The second kappa shape index (κ2) is 1.53. The first-order chi connectivity index (χ1) is 3.30. The van der Waals surface area contributed by atoms with E-state index in [9.17, 15) is 0 Å². The van der Waals surface area contributed by atoms with Crippen LogP contribution in [-0.2, 0) is 0 Å². The van der Waals surface area contributed by atoms with Crippen LogP contribution in [0.15, 0.2) is 24.3 Å². The van der Waals surface area contributed by atoms with Gasteiger partial charge in [0.25, 0.3) is 0 Å². The summed E-state index contributed by atoms with van der Waals surface area (Å²) in [4.78, 5) is 0. The van der Waals surface area contributed by atoms with Crippen LogP contribution in [0.5, 0.6) is 0 Å². The van der Waals surface area contributed by atoms with Crippen molar-refractivity contribution in [2.24, 2.45) is 5.92 Å². The minimum Gasteiger partial charge on any atom is -0.0995 e. The molecule has 0 aliphatic heterocycles. The number of allylic oxidation sites excluding steroid dienone is 3. The lowest BCUT2D eigenvalue weighted by molar-refractivity contribution is 0.714. The van der Waals surface area contributed by atoms with E-state index in [0.717, 1.165) is 0 Å². The van der Waals surface area contributed by atoms with E-state index in [0.29, 0.717) is 5.92 Å². The summed E-state index contributed by atoms with van der Waals surface area (Å²) in [5, 5.41) is 0. The van der Waals surface area contributed by atoms with Crippen LogP contribution < -0.4 is 0 Å². The smallest absolute Gasteiger partial charge is 0.000579 e. The Hall–Kier alpha value is -0.520. The normalized spacial score (nSPS) is 26.7. The first-order valence-electron chi connectivity index (χ1n) is 2.63. The molecule has 1 rings (SSSR count). The molecule has 38 valence electrons. The fourth-order valence-electron chi connectivity index (χ4n) is 0.638. The first kappa shape index (κ1) is 4.63. The van der Waals surface area contributed by atoms with E-state index in [4.69, 9.17) is 0 Å². The molecule has 0 amide bonds. The van der Waals surface area contributed by atoms with Crippen LogP contribution in [0, 0.1) is 5.92 Å². The molecular weight excluding hydrogens is 84.1 g/mol.